The van der Waals surface area contributed by atoms with Gasteiger partial charge >= 0.3 is 0 Å². The molecule has 0 spiro atoms. The number of carbonyl (C=O) groups is 1. The van der Waals surface area contributed by atoms with Gasteiger partial charge in [-0.05, 0) is 37.1 Å². The summed E-state index contributed by atoms with van der Waals surface area (Å²) in [5, 5.41) is 5.65. The molecule has 2 N–H and O–H groups in total. The van der Waals surface area contributed by atoms with Crippen molar-refractivity contribution in [3.8, 4) is 10.4 Å². The molecule has 3 heterocycles. The molecule has 5 rings (SSSR count). The number of thiazole rings is 1. The second kappa shape index (κ2) is 13.0. The van der Waals surface area contributed by atoms with Gasteiger partial charge in [0.05, 0.1) is 21.8 Å². The van der Waals surface area contributed by atoms with Crippen LogP contribution in [0.5, 0.6) is 0 Å². The van der Waals surface area contributed by atoms with Crippen LogP contribution in [0.3, 0.4) is 0 Å². The molecule has 39 heavy (non-hydrogen) atoms. The number of hydrogen-bond acceptors (Lipinski definition) is 5. The maximum Gasteiger partial charge on any atom is 0.275 e. The molecule has 0 saturated carbocycles. The van der Waals surface area contributed by atoms with Gasteiger partial charge in [-0.25, -0.2) is 9.37 Å². The third-order valence-corrected chi connectivity index (χ3v) is 9.38. The van der Waals surface area contributed by atoms with Crippen molar-refractivity contribution in [3.05, 3.63) is 70.6 Å². The number of amides is 1. The Morgan fingerprint density at radius 3 is 2.62 bits per heavy atom. The van der Waals surface area contributed by atoms with E-state index in [0.29, 0.717) is 11.6 Å². The molecule has 8 heteroatoms. The summed E-state index contributed by atoms with van der Waals surface area (Å²) in [4.78, 5) is 25.0. The quantitative estimate of drug-likeness (QED) is 0.169. The molecule has 1 atom stereocenters. The van der Waals surface area contributed by atoms with Crippen molar-refractivity contribution in [2.45, 2.75) is 64.8 Å². The van der Waals surface area contributed by atoms with Gasteiger partial charge in [0.2, 0.25) is 0 Å². The minimum absolute atomic E-state index is 0.0710. The van der Waals surface area contributed by atoms with Gasteiger partial charge in [-0.1, -0.05) is 75.8 Å². The van der Waals surface area contributed by atoms with Crippen LogP contribution in [0.1, 0.15) is 79.0 Å². The normalized spacial score (nSPS) is 15.4. The molecule has 1 saturated heterocycles. The summed E-state index contributed by atoms with van der Waals surface area (Å²) in [6.07, 6.45) is 8.90. The van der Waals surface area contributed by atoms with E-state index in [2.05, 4.69) is 40.4 Å². The Labute approximate surface area is 238 Å². The number of halogens is 1. The minimum Gasteiger partial charge on any atom is -0.371 e. The average Bonchev–Trinajstić information content (AvgIpc) is 3.66. The topological polar surface area (TPSA) is 61.0 Å². The summed E-state index contributed by atoms with van der Waals surface area (Å²) in [5.74, 6) is 2.09. The number of aromatic amines is 1. The summed E-state index contributed by atoms with van der Waals surface area (Å²) in [7, 11) is 0. The first-order valence-corrected chi connectivity index (χ1v) is 16.0. The van der Waals surface area contributed by atoms with E-state index in [1.54, 1.807) is 23.9 Å². The summed E-state index contributed by atoms with van der Waals surface area (Å²) in [5.41, 5.74) is 3.50. The third-order valence-electron chi connectivity index (χ3n) is 7.35. The summed E-state index contributed by atoms with van der Waals surface area (Å²) in [6.45, 7) is 5.07. The molecule has 1 aliphatic heterocycles. The lowest BCUT2D eigenvalue weighted by molar-refractivity contribution is 0.0744. The van der Waals surface area contributed by atoms with Gasteiger partial charge in [0.15, 0.2) is 0 Å². The number of carbonyl (C=O) groups excluding carboxylic acids is 1. The number of aryl methyl sites for hydroxylation is 1. The first-order valence-electron chi connectivity index (χ1n) is 14.0. The molecule has 0 radical (unpaired) electrons. The van der Waals surface area contributed by atoms with Crippen LogP contribution in [0.4, 0.5) is 10.2 Å². The largest absolute Gasteiger partial charge is 0.371 e. The second-order valence-corrected chi connectivity index (χ2v) is 12.4. The first kappa shape index (κ1) is 27.7. The van der Waals surface area contributed by atoms with Gasteiger partial charge in [-0.15, -0.1) is 23.1 Å². The Kier molecular flexibility index (Phi) is 9.24. The average molecular weight is 565 g/mol. The smallest absolute Gasteiger partial charge is 0.275 e. The minimum atomic E-state index is -0.292. The molecule has 1 aliphatic rings. The maximum absolute atomic E-state index is 14.0. The molecule has 5 nitrogen and oxygen atoms in total. The van der Waals surface area contributed by atoms with Crippen molar-refractivity contribution < 1.29 is 9.18 Å². The molecule has 2 aromatic carbocycles. The molecule has 0 aliphatic carbocycles. The number of thioether (sulfide) groups is 1. The van der Waals surface area contributed by atoms with E-state index >= 15 is 0 Å². The van der Waals surface area contributed by atoms with E-state index in [9.17, 15) is 9.18 Å². The van der Waals surface area contributed by atoms with Crippen LogP contribution in [0.25, 0.3) is 21.3 Å². The SMILES string of the molecule is CCCCCCCCCNc1[nH]c2ccccc2c1[C@@H]1CSCN1C(=O)c1nc(C)sc1-c1ccc(F)cc1. The Hall–Kier alpha value is -2.84. The Balaban J connectivity index is 1.37. The number of unbranched alkanes of at least 4 members (excludes halogenated alkanes) is 6. The Morgan fingerprint density at radius 1 is 1.08 bits per heavy atom. The highest BCUT2D eigenvalue weighted by Crippen LogP contribution is 2.42. The van der Waals surface area contributed by atoms with Crippen LogP contribution in [0.15, 0.2) is 48.5 Å². The summed E-state index contributed by atoms with van der Waals surface area (Å²) in [6, 6.07) is 14.6. The first-order chi connectivity index (χ1) is 19.1. The monoisotopic (exact) mass is 564 g/mol. The summed E-state index contributed by atoms with van der Waals surface area (Å²) < 4.78 is 13.6. The maximum atomic E-state index is 14.0. The van der Waals surface area contributed by atoms with Crippen molar-refractivity contribution in [1.82, 2.24) is 14.9 Å². The second-order valence-electron chi connectivity index (χ2n) is 10.2. The van der Waals surface area contributed by atoms with Gasteiger partial charge in [0, 0.05) is 28.8 Å². The fraction of sp³-hybridized carbons (Fsp3) is 0.419. The van der Waals surface area contributed by atoms with Crippen LogP contribution >= 0.6 is 23.1 Å². The van der Waals surface area contributed by atoms with Crippen LogP contribution in [0.2, 0.25) is 0 Å². The van der Waals surface area contributed by atoms with Gasteiger partial charge in [-0.2, -0.15) is 0 Å². The fourth-order valence-corrected chi connectivity index (χ4v) is 7.42. The number of rotatable bonds is 12. The molecule has 1 fully saturated rings. The number of H-pyrrole nitrogens is 1. The third kappa shape index (κ3) is 6.33. The standard InChI is InChI=1S/C31H37FN4OS2/c1-3-4-5-6-7-8-11-18-33-30-27(24-12-9-10-13-25(24)35-30)26-19-38-20-36(26)31(37)28-29(39-21(2)34-28)22-14-16-23(32)17-15-22/h9-10,12-17,26,33,35H,3-8,11,18-20H2,1-2H3/t26-/m0/s1. The summed E-state index contributed by atoms with van der Waals surface area (Å²) >= 11 is 3.25. The number of para-hydroxylation sites is 1. The zero-order valence-electron chi connectivity index (χ0n) is 22.8. The van der Waals surface area contributed by atoms with Crippen molar-refractivity contribution in [3.63, 3.8) is 0 Å². The van der Waals surface area contributed by atoms with E-state index in [0.717, 1.165) is 56.5 Å². The van der Waals surface area contributed by atoms with Gasteiger partial charge in [-0.3, -0.25) is 4.79 Å². The molecule has 0 unspecified atom stereocenters. The molecule has 0 bridgehead atoms. The number of fused-ring (bicyclic) bond motifs is 1. The zero-order chi connectivity index (χ0) is 27.2. The van der Waals surface area contributed by atoms with Crippen LogP contribution in [-0.2, 0) is 0 Å². The Bertz CT molecular complexity index is 1400. The highest BCUT2D eigenvalue weighted by atomic mass is 32.2. The van der Waals surface area contributed by atoms with Gasteiger partial charge < -0.3 is 15.2 Å². The molecular formula is C31H37FN4OS2. The molecule has 206 valence electrons. The number of anilines is 1. The van der Waals surface area contributed by atoms with Crippen molar-refractivity contribution in [2.75, 3.05) is 23.5 Å². The molecule has 1 amide bonds. The predicted octanol–water partition coefficient (Wildman–Crippen LogP) is 8.79. The van der Waals surface area contributed by atoms with E-state index < -0.39 is 0 Å². The van der Waals surface area contributed by atoms with Crippen LogP contribution in [0, 0.1) is 12.7 Å². The lowest BCUT2D eigenvalue weighted by atomic mass is 10.0. The number of nitrogens with one attached hydrogen (secondary N) is 2. The highest BCUT2D eigenvalue weighted by Gasteiger charge is 2.36. The Morgan fingerprint density at radius 2 is 1.82 bits per heavy atom. The lowest BCUT2D eigenvalue weighted by Gasteiger charge is -2.25. The van der Waals surface area contributed by atoms with E-state index in [1.165, 1.54) is 62.0 Å². The van der Waals surface area contributed by atoms with Crippen molar-refractivity contribution in [2.24, 2.45) is 0 Å². The highest BCUT2D eigenvalue weighted by molar-refractivity contribution is 7.99. The lowest BCUT2D eigenvalue weighted by Crippen LogP contribution is -2.32. The predicted molar refractivity (Wildman–Crippen MR) is 163 cm³/mol. The number of aromatic nitrogens is 2. The van der Waals surface area contributed by atoms with Gasteiger partial charge in [0.25, 0.3) is 5.91 Å². The number of hydrogen-bond donors (Lipinski definition) is 2. The van der Waals surface area contributed by atoms with E-state index in [4.69, 9.17) is 0 Å². The van der Waals surface area contributed by atoms with E-state index in [1.807, 2.05) is 17.9 Å². The molecular weight excluding hydrogens is 528 g/mol. The van der Waals surface area contributed by atoms with Crippen molar-refractivity contribution >= 4 is 45.7 Å². The number of nitrogens with zero attached hydrogens (tertiary/aromatic N) is 2. The zero-order valence-corrected chi connectivity index (χ0v) is 24.4. The van der Waals surface area contributed by atoms with Gasteiger partial charge in [0.1, 0.15) is 17.3 Å². The van der Waals surface area contributed by atoms with Crippen LogP contribution in [-0.4, -0.2) is 38.9 Å². The van der Waals surface area contributed by atoms with Crippen molar-refractivity contribution in [1.29, 1.82) is 0 Å². The molecule has 4 aromatic rings. The van der Waals surface area contributed by atoms with E-state index in [-0.39, 0.29) is 17.8 Å². The fourth-order valence-electron chi connectivity index (χ4n) is 5.33. The molecule has 2 aromatic heterocycles. The van der Waals surface area contributed by atoms with Crippen LogP contribution < -0.4 is 5.32 Å². The number of benzene rings is 2.